The van der Waals surface area contributed by atoms with Crippen LogP contribution in [0.25, 0.3) is 17.0 Å². The summed E-state index contributed by atoms with van der Waals surface area (Å²) in [5, 5.41) is 5.48. The molecule has 0 spiro atoms. The topological polar surface area (TPSA) is 50.2 Å². The van der Waals surface area contributed by atoms with Gasteiger partial charge in [-0.15, -0.1) is 11.3 Å². The molecular formula is C25H20Cl4N4OS. The highest BCUT2D eigenvalue weighted by Crippen LogP contribution is 2.39. The van der Waals surface area contributed by atoms with Crippen LogP contribution in [0.1, 0.15) is 21.7 Å². The summed E-state index contributed by atoms with van der Waals surface area (Å²) >= 11 is 26.3. The van der Waals surface area contributed by atoms with Gasteiger partial charge in [-0.25, -0.2) is 9.78 Å². The number of aromatic nitrogens is 2. The molecule has 35 heavy (non-hydrogen) atoms. The van der Waals surface area contributed by atoms with Crippen molar-refractivity contribution in [2.75, 3.05) is 13.1 Å². The van der Waals surface area contributed by atoms with E-state index in [-0.39, 0.29) is 6.03 Å². The zero-order chi connectivity index (χ0) is 24.5. The molecule has 1 aliphatic rings. The lowest BCUT2D eigenvalue weighted by Crippen LogP contribution is -2.34. The first kappa shape index (κ1) is 24.6. The van der Waals surface area contributed by atoms with Crippen molar-refractivity contribution in [3.8, 4) is 0 Å². The predicted molar refractivity (Wildman–Crippen MR) is 146 cm³/mol. The summed E-state index contributed by atoms with van der Waals surface area (Å²) in [5.74, 6) is 0. The molecule has 0 atom stereocenters. The molecule has 3 heterocycles. The van der Waals surface area contributed by atoms with E-state index in [2.05, 4.69) is 27.4 Å². The Balaban J connectivity index is 1.41. The Morgan fingerprint density at radius 2 is 1.91 bits per heavy atom. The molecule has 180 valence electrons. The lowest BCUT2D eigenvalue weighted by Gasteiger charge is -2.27. The van der Waals surface area contributed by atoms with Gasteiger partial charge < -0.3 is 5.32 Å². The standard InChI is InChI=1S/C25H20Cl4N4OS/c26-16-5-3-15(4-6-16)2-1-10-32-11-9-20-18(14-32)22-21(8-7-19(27)23(22)28)33(20)25(34)31-13-17-12-30-24(29)35-17/h1-8,12H,9-11,13-14H2,(H,31,34). The normalized spacial score (nSPS) is 14.1. The number of fused-ring (bicyclic) bond motifs is 3. The van der Waals surface area contributed by atoms with Gasteiger partial charge in [0, 0.05) is 53.2 Å². The van der Waals surface area contributed by atoms with Crippen molar-refractivity contribution in [2.45, 2.75) is 19.5 Å². The largest absolute Gasteiger partial charge is 0.332 e. The number of carbonyl (C=O) groups excluding carboxylic acids is 1. The predicted octanol–water partition coefficient (Wildman–Crippen LogP) is 7.54. The van der Waals surface area contributed by atoms with Gasteiger partial charge in [0.1, 0.15) is 0 Å². The molecule has 1 amide bonds. The van der Waals surface area contributed by atoms with E-state index in [1.807, 2.05) is 30.3 Å². The Morgan fingerprint density at radius 3 is 2.66 bits per heavy atom. The highest BCUT2D eigenvalue weighted by molar-refractivity contribution is 7.15. The van der Waals surface area contributed by atoms with Gasteiger partial charge in [0.25, 0.3) is 0 Å². The smallest absolute Gasteiger partial charge is 0.326 e. The van der Waals surface area contributed by atoms with Crippen LogP contribution >= 0.6 is 57.7 Å². The number of hydrogen-bond donors (Lipinski definition) is 1. The van der Waals surface area contributed by atoms with E-state index in [1.54, 1.807) is 16.8 Å². The molecule has 4 aromatic rings. The first-order valence-electron chi connectivity index (χ1n) is 10.9. The van der Waals surface area contributed by atoms with Crippen molar-refractivity contribution in [2.24, 2.45) is 0 Å². The number of carbonyl (C=O) groups is 1. The molecule has 5 nitrogen and oxygen atoms in total. The van der Waals surface area contributed by atoms with Crippen molar-refractivity contribution >= 4 is 80.8 Å². The molecule has 0 aliphatic carbocycles. The molecule has 0 unspecified atom stereocenters. The summed E-state index contributed by atoms with van der Waals surface area (Å²) in [5.41, 5.74) is 3.84. The molecule has 5 rings (SSSR count). The molecule has 10 heteroatoms. The quantitative estimate of drug-likeness (QED) is 0.272. The first-order chi connectivity index (χ1) is 16.9. The maximum absolute atomic E-state index is 13.3. The van der Waals surface area contributed by atoms with Gasteiger partial charge in [0.15, 0.2) is 4.47 Å². The highest BCUT2D eigenvalue weighted by atomic mass is 35.5. The molecular weight excluding hydrogens is 546 g/mol. The van der Waals surface area contributed by atoms with Crippen molar-refractivity contribution in [3.63, 3.8) is 0 Å². The average molecular weight is 566 g/mol. The lowest BCUT2D eigenvalue weighted by molar-refractivity contribution is 0.240. The van der Waals surface area contributed by atoms with Gasteiger partial charge >= 0.3 is 6.03 Å². The zero-order valence-electron chi connectivity index (χ0n) is 18.4. The molecule has 0 fully saturated rings. The Morgan fingerprint density at radius 1 is 1.11 bits per heavy atom. The van der Waals surface area contributed by atoms with Crippen LogP contribution in [0.3, 0.4) is 0 Å². The number of halogens is 4. The van der Waals surface area contributed by atoms with Gasteiger partial charge in [0.05, 0.1) is 22.1 Å². The maximum atomic E-state index is 13.3. The maximum Gasteiger partial charge on any atom is 0.326 e. The van der Waals surface area contributed by atoms with Crippen LogP contribution in [-0.2, 0) is 19.5 Å². The van der Waals surface area contributed by atoms with Crippen LogP contribution in [0.5, 0.6) is 0 Å². The molecule has 0 saturated carbocycles. The summed E-state index contributed by atoms with van der Waals surface area (Å²) in [6.45, 7) is 2.60. The van der Waals surface area contributed by atoms with E-state index < -0.39 is 0 Å². The minimum Gasteiger partial charge on any atom is -0.332 e. The number of amides is 1. The van der Waals surface area contributed by atoms with Crippen LogP contribution < -0.4 is 5.32 Å². The van der Waals surface area contributed by atoms with E-state index in [4.69, 9.17) is 46.4 Å². The third kappa shape index (κ3) is 5.24. The van der Waals surface area contributed by atoms with Crippen LogP contribution in [0.4, 0.5) is 4.79 Å². The van der Waals surface area contributed by atoms with Crippen molar-refractivity contribution in [3.05, 3.63) is 89.9 Å². The summed E-state index contributed by atoms with van der Waals surface area (Å²) in [7, 11) is 0. The van der Waals surface area contributed by atoms with E-state index in [1.165, 1.54) is 11.3 Å². The molecule has 0 bridgehead atoms. The fourth-order valence-corrected chi connectivity index (χ4v) is 5.82. The number of thiazole rings is 1. The van der Waals surface area contributed by atoms with Crippen molar-refractivity contribution in [1.29, 1.82) is 0 Å². The number of nitrogens with one attached hydrogen (secondary N) is 1. The van der Waals surface area contributed by atoms with Gasteiger partial charge in [-0.2, -0.15) is 0 Å². The molecule has 1 N–H and O–H groups in total. The van der Waals surface area contributed by atoms with E-state index in [0.29, 0.717) is 34.0 Å². The van der Waals surface area contributed by atoms with Gasteiger partial charge in [-0.1, -0.05) is 70.7 Å². The lowest BCUT2D eigenvalue weighted by atomic mass is 10.0. The number of rotatable bonds is 5. The van der Waals surface area contributed by atoms with Crippen LogP contribution in [0.15, 0.2) is 48.7 Å². The second kappa shape index (κ2) is 10.5. The van der Waals surface area contributed by atoms with Crippen LogP contribution in [0, 0.1) is 0 Å². The molecule has 2 aromatic carbocycles. The molecule has 2 aromatic heterocycles. The number of hydrogen-bond acceptors (Lipinski definition) is 4. The number of nitrogens with zero attached hydrogens (tertiary/aromatic N) is 3. The van der Waals surface area contributed by atoms with Crippen LogP contribution in [-0.4, -0.2) is 33.6 Å². The SMILES string of the molecule is O=C(NCc1cnc(Cl)s1)n1c2c(c3c(Cl)c(Cl)ccc31)CN(CC=Cc1ccc(Cl)cc1)CC2. The Kier molecular flexibility index (Phi) is 7.39. The average Bonchev–Trinajstić information content (AvgIpc) is 3.42. The van der Waals surface area contributed by atoms with Crippen LogP contribution in [0.2, 0.25) is 19.5 Å². The van der Waals surface area contributed by atoms with Crippen molar-refractivity contribution in [1.82, 2.24) is 19.8 Å². The van der Waals surface area contributed by atoms with E-state index in [9.17, 15) is 4.79 Å². The van der Waals surface area contributed by atoms with Gasteiger partial charge in [-0.3, -0.25) is 9.47 Å². The van der Waals surface area contributed by atoms with E-state index >= 15 is 0 Å². The third-order valence-electron chi connectivity index (χ3n) is 5.97. The minimum atomic E-state index is -0.213. The summed E-state index contributed by atoms with van der Waals surface area (Å²) < 4.78 is 2.18. The zero-order valence-corrected chi connectivity index (χ0v) is 22.2. The molecule has 1 aliphatic heterocycles. The van der Waals surface area contributed by atoms with E-state index in [0.717, 1.165) is 50.7 Å². The highest BCUT2D eigenvalue weighted by Gasteiger charge is 2.28. The van der Waals surface area contributed by atoms with Gasteiger partial charge in [0.2, 0.25) is 0 Å². The second-order valence-electron chi connectivity index (χ2n) is 8.19. The third-order valence-corrected chi connectivity index (χ3v) is 8.14. The minimum absolute atomic E-state index is 0.213. The number of benzene rings is 2. The summed E-state index contributed by atoms with van der Waals surface area (Å²) in [6.07, 6.45) is 6.60. The molecule has 0 saturated heterocycles. The Hall–Kier alpha value is -2.06. The summed E-state index contributed by atoms with van der Waals surface area (Å²) in [6, 6.07) is 11.1. The monoisotopic (exact) mass is 564 g/mol. The fraction of sp³-hybridized carbons (Fsp3) is 0.200. The fourth-order valence-electron chi connectivity index (χ4n) is 4.34. The Bertz CT molecular complexity index is 1430. The van der Waals surface area contributed by atoms with Gasteiger partial charge in [-0.05, 0) is 35.4 Å². The Labute approximate surface area is 226 Å². The second-order valence-corrected chi connectivity index (χ2v) is 11.1. The first-order valence-corrected chi connectivity index (χ1v) is 13.3. The van der Waals surface area contributed by atoms with Crippen molar-refractivity contribution < 1.29 is 4.79 Å². The summed E-state index contributed by atoms with van der Waals surface area (Å²) in [4.78, 5) is 20.5. The molecule has 0 radical (unpaired) electrons.